The first kappa shape index (κ1) is 7.25. The van der Waals surface area contributed by atoms with Crippen LogP contribution in [0.2, 0.25) is 0 Å². The zero-order chi connectivity index (χ0) is 9.38. The lowest BCUT2D eigenvalue weighted by atomic mass is 10.4. The normalized spacial score (nSPS) is 10.9. The highest BCUT2D eigenvalue weighted by atomic mass is 15.3. The Bertz CT molecular complexity index is 551. The number of nitrogens with one attached hydrogen (secondary N) is 1. The lowest BCUT2D eigenvalue weighted by Gasteiger charge is -1.97. The maximum Gasteiger partial charge on any atom is 0.167 e. The van der Waals surface area contributed by atoms with E-state index in [4.69, 9.17) is 0 Å². The van der Waals surface area contributed by atoms with E-state index in [0.29, 0.717) is 0 Å². The van der Waals surface area contributed by atoms with Gasteiger partial charge in [0.15, 0.2) is 5.65 Å². The maximum atomic E-state index is 4.22. The smallest absolute Gasteiger partial charge is 0.167 e. The van der Waals surface area contributed by atoms with Crippen LogP contribution in [0.5, 0.6) is 0 Å². The molecule has 0 atom stereocenters. The van der Waals surface area contributed by atoms with Crippen molar-refractivity contribution in [2.75, 3.05) is 0 Å². The number of H-pyrrole nitrogens is 1. The molecule has 0 aliphatic heterocycles. The number of hydrogen-bond acceptors (Lipinski definition) is 3. The summed E-state index contributed by atoms with van der Waals surface area (Å²) < 4.78 is 1.75. The molecule has 0 aromatic carbocycles. The highest BCUT2D eigenvalue weighted by Gasteiger charge is 2.05. The molecule has 1 N–H and O–H groups in total. The fraction of sp³-hybridized carbons (Fsp3) is 0. The van der Waals surface area contributed by atoms with Gasteiger partial charge in [0, 0.05) is 12.4 Å². The summed E-state index contributed by atoms with van der Waals surface area (Å²) in [5.41, 5.74) is 0.808. The summed E-state index contributed by atoms with van der Waals surface area (Å²) in [7, 11) is 0. The monoisotopic (exact) mass is 185 g/mol. The third kappa shape index (κ3) is 0.922. The van der Waals surface area contributed by atoms with Crippen LogP contribution in [0.3, 0.4) is 0 Å². The Morgan fingerprint density at radius 3 is 3.14 bits per heavy atom. The molecule has 0 radical (unpaired) electrons. The van der Waals surface area contributed by atoms with Crippen molar-refractivity contribution in [1.29, 1.82) is 0 Å². The Labute approximate surface area is 79.4 Å². The van der Waals surface area contributed by atoms with E-state index in [1.54, 1.807) is 17.1 Å². The summed E-state index contributed by atoms with van der Waals surface area (Å²) >= 11 is 0. The van der Waals surface area contributed by atoms with Crippen LogP contribution in [0.25, 0.3) is 16.9 Å². The minimum absolute atomic E-state index is 0.808. The zero-order valence-corrected chi connectivity index (χ0v) is 7.25. The number of aromatic amines is 1. The van der Waals surface area contributed by atoms with Crippen LogP contribution in [0.4, 0.5) is 0 Å². The molecule has 14 heavy (non-hydrogen) atoms. The minimum atomic E-state index is 0.808. The molecular weight excluding hydrogens is 178 g/mol. The molecule has 0 saturated carbocycles. The van der Waals surface area contributed by atoms with E-state index in [1.807, 2.05) is 18.3 Å². The van der Waals surface area contributed by atoms with Gasteiger partial charge in [0.25, 0.3) is 0 Å². The van der Waals surface area contributed by atoms with E-state index in [2.05, 4.69) is 20.1 Å². The van der Waals surface area contributed by atoms with Crippen molar-refractivity contribution in [2.45, 2.75) is 0 Å². The molecule has 5 nitrogen and oxygen atoms in total. The Balaban J connectivity index is 2.33. The standard InChI is InChI=1S/C9H7N5/c1-2-8(11-3-1)14-9-7(5-13-14)4-10-6-12-9/h1-6,11H. The zero-order valence-electron chi connectivity index (χ0n) is 7.25. The second-order valence-electron chi connectivity index (χ2n) is 2.91. The van der Waals surface area contributed by atoms with Crippen LogP contribution in [-0.2, 0) is 0 Å². The van der Waals surface area contributed by atoms with Gasteiger partial charge in [-0.25, -0.2) is 9.97 Å². The van der Waals surface area contributed by atoms with Crippen LogP contribution in [-0.4, -0.2) is 24.7 Å². The second kappa shape index (κ2) is 2.66. The molecular formula is C9H7N5. The van der Waals surface area contributed by atoms with Crippen LogP contribution in [0.1, 0.15) is 0 Å². The van der Waals surface area contributed by atoms with Crippen LogP contribution in [0.15, 0.2) is 37.1 Å². The number of hydrogen-bond donors (Lipinski definition) is 1. The molecule has 0 spiro atoms. The van der Waals surface area contributed by atoms with Crippen molar-refractivity contribution >= 4 is 11.0 Å². The molecule has 3 aromatic heterocycles. The lowest BCUT2D eigenvalue weighted by Crippen LogP contribution is -1.97. The molecule has 0 amide bonds. The number of aromatic nitrogens is 5. The second-order valence-corrected chi connectivity index (χ2v) is 2.91. The van der Waals surface area contributed by atoms with Gasteiger partial charge < -0.3 is 4.98 Å². The van der Waals surface area contributed by atoms with Crippen LogP contribution < -0.4 is 0 Å². The molecule has 3 rings (SSSR count). The molecule has 0 aliphatic rings. The van der Waals surface area contributed by atoms with Crippen molar-refractivity contribution in [2.24, 2.45) is 0 Å². The fourth-order valence-electron chi connectivity index (χ4n) is 1.41. The average Bonchev–Trinajstić information content (AvgIpc) is 2.85. The van der Waals surface area contributed by atoms with Gasteiger partial charge >= 0.3 is 0 Å². The minimum Gasteiger partial charge on any atom is -0.347 e. The molecule has 0 unspecified atom stereocenters. The van der Waals surface area contributed by atoms with E-state index in [9.17, 15) is 0 Å². The van der Waals surface area contributed by atoms with Gasteiger partial charge in [0.05, 0.1) is 11.6 Å². The predicted octanol–water partition coefficient (Wildman–Crippen LogP) is 1.14. The molecule has 3 aromatic rings. The van der Waals surface area contributed by atoms with E-state index >= 15 is 0 Å². The largest absolute Gasteiger partial charge is 0.347 e. The molecule has 0 aliphatic carbocycles. The number of rotatable bonds is 1. The summed E-state index contributed by atoms with van der Waals surface area (Å²) in [5, 5.41) is 5.15. The first-order valence-electron chi connectivity index (χ1n) is 4.22. The summed E-state index contributed by atoms with van der Waals surface area (Å²) in [6.45, 7) is 0. The van der Waals surface area contributed by atoms with Crippen LogP contribution >= 0.6 is 0 Å². The van der Waals surface area contributed by atoms with Gasteiger partial charge in [0.2, 0.25) is 0 Å². The van der Waals surface area contributed by atoms with Gasteiger partial charge in [0.1, 0.15) is 12.1 Å². The van der Waals surface area contributed by atoms with Gasteiger partial charge in [-0.05, 0) is 12.1 Å². The van der Waals surface area contributed by atoms with Gasteiger partial charge in [-0.1, -0.05) is 0 Å². The third-order valence-electron chi connectivity index (χ3n) is 2.04. The predicted molar refractivity (Wildman–Crippen MR) is 51.0 cm³/mol. The number of fused-ring (bicyclic) bond motifs is 1. The van der Waals surface area contributed by atoms with Gasteiger partial charge in [-0.15, -0.1) is 0 Å². The Kier molecular flexibility index (Phi) is 1.38. The SMILES string of the molecule is c1c[nH]c(-n2ncc3cncnc32)c1. The third-order valence-corrected chi connectivity index (χ3v) is 2.04. The van der Waals surface area contributed by atoms with E-state index in [1.165, 1.54) is 6.33 Å². The van der Waals surface area contributed by atoms with Crippen molar-refractivity contribution in [1.82, 2.24) is 24.7 Å². The van der Waals surface area contributed by atoms with Crippen molar-refractivity contribution in [3.63, 3.8) is 0 Å². The van der Waals surface area contributed by atoms with Gasteiger partial charge in [-0.2, -0.15) is 9.78 Å². The maximum absolute atomic E-state index is 4.22. The quantitative estimate of drug-likeness (QED) is 0.618. The van der Waals surface area contributed by atoms with Crippen molar-refractivity contribution in [3.8, 4) is 5.82 Å². The lowest BCUT2D eigenvalue weighted by molar-refractivity contribution is 0.869. The topological polar surface area (TPSA) is 59.4 Å². The van der Waals surface area contributed by atoms with E-state index in [-0.39, 0.29) is 0 Å². The Morgan fingerprint density at radius 2 is 2.29 bits per heavy atom. The molecule has 0 saturated heterocycles. The number of nitrogens with zero attached hydrogens (tertiary/aromatic N) is 4. The van der Waals surface area contributed by atoms with E-state index < -0.39 is 0 Å². The first-order valence-corrected chi connectivity index (χ1v) is 4.22. The first-order chi connectivity index (χ1) is 6.95. The average molecular weight is 185 g/mol. The summed E-state index contributed by atoms with van der Waals surface area (Å²) in [5.74, 6) is 0.902. The fourth-order valence-corrected chi connectivity index (χ4v) is 1.41. The van der Waals surface area contributed by atoms with Crippen molar-refractivity contribution < 1.29 is 0 Å². The van der Waals surface area contributed by atoms with Crippen molar-refractivity contribution in [3.05, 3.63) is 37.1 Å². The molecule has 0 fully saturated rings. The highest BCUT2D eigenvalue weighted by Crippen LogP contribution is 2.12. The summed E-state index contributed by atoms with van der Waals surface area (Å²) in [6.07, 6.45) is 6.86. The Morgan fingerprint density at radius 1 is 1.29 bits per heavy atom. The summed E-state index contributed by atoms with van der Waals surface area (Å²) in [6, 6.07) is 3.86. The summed E-state index contributed by atoms with van der Waals surface area (Å²) in [4.78, 5) is 11.2. The molecule has 0 bridgehead atoms. The molecule has 68 valence electrons. The van der Waals surface area contributed by atoms with E-state index in [0.717, 1.165) is 16.9 Å². The highest BCUT2D eigenvalue weighted by molar-refractivity contribution is 5.74. The Hall–Kier alpha value is -2.17. The molecule has 3 heterocycles. The molecule has 5 heteroatoms. The van der Waals surface area contributed by atoms with Gasteiger partial charge in [-0.3, -0.25) is 0 Å². The van der Waals surface area contributed by atoms with Crippen LogP contribution in [0, 0.1) is 0 Å².